The molecule has 0 fully saturated rings. The molecule has 0 saturated carbocycles. The van der Waals surface area contributed by atoms with Crippen LogP contribution in [-0.4, -0.2) is 6.36 Å². The normalized spacial score (nSPS) is 11.3. The molecule has 2 aromatic carbocycles. The molecule has 0 aliphatic carbocycles. The molecule has 0 radical (unpaired) electrons. The maximum absolute atomic E-state index is 12.0. The molecular weight excluding hydrogens is 347 g/mol. The number of hydrogen-bond donors (Lipinski definition) is 1. The van der Waals surface area contributed by atoms with E-state index in [1.807, 2.05) is 25.1 Å². The molecule has 2 rings (SSSR count). The molecule has 112 valence electrons. The fraction of sp³-hybridized carbons (Fsp3) is 0.200. The van der Waals surface area contributed by atoms with Crippen molar-refractivity contribution in [1.82, 2.24) is 0 Å². The quantitative estimate of drug-likeness (QED) is 0.802. The highest BCUT2D eigenvalue weighted by Crippen LogP contribution is 2.23. The van der Waals surface area contributed by atoms with Crippen LogP contribution in [0.15, 0.2) is 46.9 Å². The lowest BCUT2D eigenvalue weighted by Crippen LogP contribution is -2.17. The Morgan fingerprint density at radius 2 is 1.76 bits per heavy atom. The smallest absolute Gasteiger partial charge is 0.406 e. The Morgan fingerprint density at radius 3 is 2.33 bits per heavy atom. The van der Waals surface area contributed by atoms with Crippen LogP contribution in [0.2, 0.25) is 0 Å². The lowest BCUT2D eigenvalue weighted by molar-refractivity contribution is -0.274. The summed E-state index contributed by atoms with van der Waals surface area (Å²) in [5.74, 6) is -0.218. The fourth-order valence-corrected chi connectivity index (χ4v) is 2.46. The predicted molar refractivity (Wildman–Crippen MR) is 79.3 cm³/mol. The molecule has 0 aliphatic heterocycles. The number of anilines is 1. The summed E-state index contributed by atoms with van der Waals surface area (Å²) in [7, 11) is 0. The van der Waals surface area contributed by atoms with Crippen molar-refractivity contribution in [1.29, 1.82) is 0 Å². The Hall–Kier alpha value is -1.69. The van der Waals surface area contributed by atoms with Gasteiger partial charge in [0.05, 0.1) is 0 Å². The molecule has 0 aliphatic rings. The Kier molecular flexibility index (Phi) is 4.77. The minimum absolute atomic E-state index is 0.218. The topological polar surface area (TPSA) is 21.3 Å². The molecule has 1 N–H and O–H groups in total. The van der Waals surface area contributed by atoms with Gasteiger partial charge in [0.15, 0.2) is 0 Å². The third-order valence-electron chi connectivity index (χ3n) is 2.70. The van der Waals surface area contributed by atoms with E-state index in [0.717, 1.165) is 21.3 Å². The first-order valence-corrected chi connectivity index (χ1v) is 6.97. The fourth-order valence-electron chi connectivity index (χ4n) is 1.85. The number of aryl methyl sites for hydroxylation is 1. The van der Waals surface area contributed by atoms with Crippen LogP contribution >= 0.6 is 15.9 Å². The average molecular weight is 360 g/mol. The number of alkyl halides is 3. The van der Waals surface area contributed by atoms with Gasteiger partial charge in [0.1, 0.15) is 5.75 Å². The van der Waals surface area contributed by atoms with Crippen LogP contribution in [0.3, 0.4) is 0 Å². The van der Waals surface area contributed by atoms with Gasteiger partial charge in [-0.05, 0) is 48.4 Å². The van der Waals surface area contributed by atoms with Gasteiger partial charge in [-0.2, -0.15) is 0 Å². The highest BCUT2D eigenvalue weighted by atomic mass is 79.9. The molecular formula is C15H13BrF3NO. The second-order valence-electron chi connectivity index (χ2n) is 4.56. The summed E-state index contributed by atoms with van der Waals surface area (Å²) in [5.41, 5.74) is 2.92. The number of benzene rings is 2. The summed E-state index contributed by atoms with van der Waals surface area (Å²) < 4.78 is 40.9. The molecule has 0 atom stereocenters. The summed E-state index contributed by atoms with van der Waals surface area (Å²) in [6.45, 7) is 2.50. The van der Waals surface area contributed by atoms with Gasteiger partial charge in [0, 0.05) is 16.7 Å². The minimum Gasteiger partial charge on any atom is -0.406 e. The first kappa shape index (κ1) is 15.7. The summed E-state index contributed by atoms with van der Waals surface area (Å²) in [5, 5.41) is 3.22. The van der Waals surface area contributed by atoms with Crippen LogP contribution < -0.4 is 10.1 Å². The molecule has 0 spiro atoms. The Bertz CT molecular complexity index is 591. The maximum atomic E-state index is 12.0. The number of halogens is 4. The summed E-state index contributed by atoms with van der Waals surface area (Å²) in [6.07, 6.45) is -4.66. The largest absolute Gasteiger partial charge is 0.573 e. The third-order valence-corrected chi connectivity index (χ3v) is 3.15. The van der Waals surface area contributed by atoms with Crippen molar-refractivity contribution in [2.45, 2.75) is 19.8 Å². The van der Waals surface area contributed by atoms with Crippen molar-refractivity contribution < 1.29 is 17.9 Å². The van der Waals surface area contributed by atoms with Gasteiger partial charge in [0.25, 0.3) is 0 Å². The second-order valence-corrected chi connectivity index (χ2v) is 5.48. The van der Waals surface area contributed by atoms with Crippen molar-refractivity contribution >= 4 is 21.6 Å². The predicted octanol–water partition coefficient (Wildman–Crippen LogP) is 5.27. The zero-order valence-electron chi connectivity index (χ0n) is 11.2. The molecule has 6 heteroatoms. The molecule has 21 heavy (non-hydrogen) atoms. The Labute approximate surface area is 129 Å². The van der Waals surface area contributed by atoms with E-state index < -0.39 is 6.36 Å². The summed E-state index contributed by atoms with van der Waals surface area (Å²) in [4.78, 5) is 0. The molecule has 2 nitrogen and oxygen atoms in total. The number of hydrogen-bond acceptors (Lipinski definition) is 2. The maximum Gasteiger partial charge on any atom is 0.573 e. The lowest BCUT2D eigenvalue weighted by atomic mass is 10.2. The van der Waals surface area contributed by atoms with Crippen molar-refractivity contribution in [3.8, 4) is 5.75 Å². The number of ether oxygens (including phenoxy) is 1. The molecule has 0 aromatic heterocycles. The average Bonchev–Trinajstić information content (AvgIpc) is 2.35. The van der Waals surface area contributed by atoms with E-state index in [9.17, 15) is 13.2 Å². The molecule has 2 aromatic rings. The van der Waals surface area contributed by atoms with Crippen LogP contribution in [0.25, 0.3) is 0 Å². The van der Waals surface area contributed by atoms with Crippen molar-refractivity contribution in [3.63, 3.8) is 0 Å². The molecule has 0 saturated heterocycles. The van der Waals surface area contributed by atoms with Gasteiger partial charge in [-0.15, -0.1) is 13.2 Å². The van der Waals surface area contributed by atoms with E-state index in [1.165, 1.54) is 12.1 Å². The molecule has 0 unspecified atom stereocenters. The van der Waals surface area contributed by atoms with Gasteiger partial charge >= 0.3 is 6.36 Å². The molecule has 0 amide bonds. The van der Waals surface area contributed by atoms with Gasteiger partial charge in [0.2, 0.25) is 0 Å². The van der Waals surface area contributed by atoms with Crippen molar-refractivity contribution in [3.05, 3.63) is 58.1 Å². The van der Waals surface area contributed by atoms with E-state index in [0.29, 0.717) is 6.54 Å². The van der Waals surface area contributed by atoms with Crippen LogP contribution in [-0.2, 0) is 6.54 Å². The first-order valence-electron chi connectivity index (χ1n) is 6.17. The van der Waals surface area contributed by atoms with Crippen LogP contribution in [0.1, 0.15) is 11.1 Å². The van der Waals surface area contributed by atoms with Gasteiger partial charge in [-0.3, -0.25) is 0 Å². The first-order chi connectivity index (χ1) is 9.82. The standard InChI is InChI=1S/C15H13BrF3NO/c1-10-6-12(16)8-13(7-10)20-9-11-2-4-14(5-3-11)21-15(17,18)19/h2-8,20H,9H2,1H3. The Balaban J connectivity index is 1.97. The second kappa shape index (κ2) is 6.39. The van der Waals surface area contributed by atoms with Crippen LogP contribution in [0, 0.1) is 6.92 Å². The van der Waals surface area contributed by atoms with E-state index in [-0.39, 0.29) is 5.75 Å². The number of nitrogens with one attached hydrogen (secondary N) is 1. The third kappa shape index (κ3) is 5.30. The van der Waals surface area contributed by atoms with Gasteiger partial charge in [-0.1, -0.05) is 28.1 Å². The Morgan fingerprint density at radius 1 is 1.10 bits per heavy atom. The minimum atomic E-state index is -4.66. The highest BCUT2D eigenvalue weighted by Gasteiger charge is 2.30. The van der Waals surface area contributed by atoms with Gasteiger partial charge < -0.3 is 10.1 Å². The monoisotopic (exact) mass is 359 g/mol. The zero-order valence-corrected chi connectivity index (χ0v) is 12.8. The molecule has 0 bridgehead atoms. The highest BCUT2D eigenvalue weighted by molar-refractivity contribution is 9.10. The number of rotatable bonds is 4. The molecule has 0 heterocycles. The van der Waals surface area contributed by atoms with Crippen molar-refractivity contribution in [2.24, 2.45) is 0 Å². The van der Waals surface area contributed by atoms with E-state index in [4.69, 9.17) is 0 Å². The SMILES string of the molecule is Cc1cc(Br)cc(NCc2ccc(OC(F)(F)F)cc2)c1. The van der Waals surface area contributed by atoms with Gasteiger partial charge in [-0.25, -0.2) is 0 Å². The summed E-state index contributed by atoms with van der Waals surface area (Å²) in [6, 6.07) is 11.7. The van der Waals surface area contributed by atoms with Crippen LogP contribution in [0.5, 0.6) is 5.75 Å². The van der Waals surface area contributed by atoms with Crippen molar-refractivity contribution in [2.75, 3.05) is 5.32 Å². The van der Waals surface area contributed by atoms with Crippen LogP contribution in [0.4, 0.5) is 18.9 Å². The van der Waals surface area contributed by atoms with E-state index in [1.54, 1.807) is 12.1 Å². The van der Waals surface area contributed by atoms with E-state index in [2.05, 4.69) is 26.0 Å². The lowest BCUT2D eigenvalue weighted by Gasteiger charge is -2.11. The zero-order chi connectivity index (χ0) is 15.5. The van der Waals surface area contributed by atoms with E-state index >= 15 is 0 Å². The summed E-state index contributed by atoms with van der Waals surface area (Å²) >= 11 is 3.41.